The highest BCUT2D eigenvalue weighted by atomic mass is 35.5. The van der Waals surface area contributed by atoms with Crippen LogP contribution in [-0.2, 0) is 20.6 Å². The predicted octanol–water partition coefficient (Wildman–Crippen LogP) is 2.05. The highest BCUT2D eigenvalue weighted by molar-refractivity contribution is 8.00. The second-order valence-electron chi connectivity index (χ2n) is 7.96. The molecule has 32 heavy (non-hydrogen) atoms. The number of nitrogen functional groups attached to an aromatic ring is 1. The normalized spacial score (nSPS) is 12.5. The number of carbonyl (C=O) groups excluding carboxylic acids is 1. The summed E-state index contributed by atoms with van der Waals surface area (Å²) in [7, 11) is 2.68. The minimum Gasteiger partial charge on any atom is -0.384 e. The van der Waals surface area contributed by atoms with Crippen LogP contribution in [0.1, 0.15) is 31.1 Å². The maximum absolute atomic E-state index is 13.2. The molecule has 170 valence electrons. The molecule has 2 aromatic heterocycles. The Morgan fingerprint density at radius 1 is 1.12 bits per heavy atom. The number of nitrogens with two attached hydrogens (primary N) is 1. The molecule has 3 rings (SSSR count). The summed E-state index contributed by atoms with van der Waals surface area (Å²) in [6.45, 7) is 5.93. The Balaban J connectivity index is 2.11. The summed E-state index contributed by atoms with van der Waals surface area (Å²) in [4.78, 5) is 55.5. The van der Waals surface area contributed by atoms with Crippen LogP contribution >= 0.6 is 23.4 Å². The molecule has 1 unspecified atom stereocenters. The molecule has 0 fully saturated rings. The first kappa shape index (κ1) is 23.8. The number of hydrogen-bond acceptors (Lipinski definition) is 7. The smallest absolute Gasteiger partial charge is 0.332 e. The number of anilines is 1. The van der Waals surface area contributed by atoms with Crippen LogP contribution in [0.3, 0.4) is 0 Å². The molecule has 2 heterocycles. The Hall–Kier alpha value is -2.85. The van der Waals surface area contributed by atoms with Gasteiger partial charge in [-0.05, 0) is 31.0 Å². The zero-order valence-electron chi connectivity index (χ0n) is 18.4. The molecule has 0 bridgehead atoms. The number of hydrogen-bond donors (Lipinski definition) is 1. The van der Waals surface area contributed by atoms with Gasteiger partial charge in [0.25, 0.3) is 11.1 Å². The van der Waals surface area contributed by atoms with Gasteiger partial charge in [-0.3, -0.25) is 28.1 Å². The lowest BCUT2D eigenvalue weighted by Gasteiger charge is -2.18. The zero-order chi connectivity index (χ0) is 23.9. The van der Waals surface area contributed by atoms with Crippen molar-refractivity contribution in [1.29, 1.82) is 0 Å². The van der Waals surface area contributed by atoms with Crippen LogP contribution in [-0.4, -0.2) is 29.7 Å². The fraction of sp³-hybridized carbons (Fsp3) is 0.381. The minimum atomic E-state index is -0.794. The van der Waals surface area contributed by atoms with Crippen molar-refractivity contribution in [2.24, 2.45) is 20.0 Å². The van der Waals surface area contributed by atoms with Gasteiger partial charge in [0.1, 0.15) is 11.4 Å². The lowest BCUT2D eigenvalue weighted by molar-refractivity contribution is 0.0992. The average molecular weight is 478 g/mol. The van der Waals surface area contributed by atoms with Gasteiger partial charge >= 0.3 is 5.69 Å². The molecule has 0 aliphatic heterocycles. The molecule has 3 aromatic rings. The Morgan fingerprint density at radius 2 is 1.78 bits per heavy atom. The van der Waals surface area contributed by atoms with Gasteiger partial charge < -0.3 is 5.73 Å². The number of benzene rings is 1. The van der Waals surface area contributed by atoms with E-state index in [0.29, 0.717) is 27.6 Å². The predicted molar refractivity (Wildman–Crippen MR) is 127 cm³/mol. The maximum atomic E-state index is 13.2. The van der Waals surface area contributed by atoms with Gasteiger partial charge in [0, 0.05) is 25.7 Å². The van der Waals surface area contributed by atoms with Crippen LogP contribution in [0.4, 0.5) is 5.82 Å². The van der Waals surface area contributed by atoms with E-state index in [1.54, 1.807) is 25.1 Å². The van der Waals surface area contributed by atoms with E-state index in [0.717, 1.165) is 20.9 Å². The Kier molecular flexibility index (Phi) is 6.66. The van der Waals surface area contributed by atoms with Crippen LogP contribution in [0.15, 0.2) is 37.7 Å². The van der Waals surface area contributed by atoms with Crippen LogP contribution in [0.5, 0.6) is 0 Å². The van der Waals surface area contributed by atoms with Crippen LogP contribution in [0.25, 0.3) is 10.9 Å². The first-order chi connectivity index (χ1) is 14.9. The number of ketones is 1. The van der Waals surface area contributed by atoms with E-state index in [4.69, 9.17) is 17.3 Å². The molecule has 11 heteroatoms. The van der Waals surface area contributed by atoms with Gasteiger partial charge in [-0.25, -0.2) is 9.78 Å². The molecule has 0 radical (unpaired) electrons. The molecule has 1 atom stereocenters. The fourth-order valence-electron chi connectivity index (χ4n) is 3.30. The van der Waals surface area contributed by atoms with Crippen molar-refractivity contribution in [2.45, 2.75) is 37.7 Å². The van der Waals surface area contributed by atoms with Crippen molar-refractivity contribution in [2.75, 3.05) is 5.73 Å². The third-order valence-corrected chi connectivity index (χ3v) is 6.36. The summed E-state index contributed by atoms with van der Waals surface area (Å²) < 4.78 is 3.41. The summed E-state index contributed by atoms with van der Waals surface area (Å²) in [5, 5.41) is 0.368. The number of rotatable bonds is 6. The maximum Gasteiger partial charge on any atom is 0.332 e. The number of thioether (sulfide) groups is 1. The Morgan fingerprint density at radius 3 is 2.41 bits per heavy atom. The number of carbonyl (C=O) groups is 1. The van der Waals surface area contributed by atoms with Crippen LogP contribution < -0.4 is 22.5 Å². The van der Waals surface area contributed by atoms with Gasteiger partial charge in [-0.1, -0.05) is 37.2 Å². The highest BCUT2D eigenvalue weighted by Crippen LogP contribution is 2.26. The van der Waals surface area contributed by atoms with E-state index in [2.05, 4.69) is 4.98 Å². The standard InChI is InChI=1S/C21H24ClN5O4S/c1-10(2)9-27-18(29)13-8-12(22)6-7-14(13)24-20(27)32-11(3)16(28)15-17(23)25(4)21(31)26(5)19(15)30/h6-8,10-11H,9,23H2,1-5H3. The zero-order valence-corrected chi connectivity index (χ0v) is 20.0. The second kappa shape index (κ2) is 8.95. The third-order valence-electron chi connectivity index (χ3n) is 5.04. The minimum absolute atomic E-state index is 0.142. The summed E-state index contributed by atoms with van der Waals surface area (Å²) >= 11 is 7.11. The van der Waals surface area contributed by atoms with E-state index in [9.17, 15) is 19.2 Å². The van der Waals surface area contributed by atoms with Gasteiger partial charge in [-0.15, -0.1) is 0 Å². The lowest BCUT2D eigenvalue weighted by Crippen LogP contribution is -2.42. The summed E-state index contributed by atoms with van der Waals surface area (Å²) in [6.07, 6.45) is 0. The molecule has 0 amide bonds. The van der Waals surface area contributed by atoms with Crippen molar-refractivity contribution in [3.05, 3.63) is 60.0 Å². The fourth-order valence-corrected chi connectivity index (χ4v) is 4.44. The summed E-state index contributed by atoms with van der Waals surface area (Å²) in [5.41, 5.74) is 4.48. The molecule has 9 nitrogen and oxygen atoms in total. The first-order valence-corrected chi connectivity index (χ1v) is 11.2. The number of fused-ring (bicyclic) bond motifs is 1. The van der Waals surface area contributed by atoms with E-state index < -0.39 is 22.3 Å². The third kappa shape index (κ3) is 4.24. The first-order valence-electron chi connectivity index (χ1n) is 9.90. The van der Waals surface area contributed by atoms with Crippen molar-refractivity contribution in [3.8, 4) is 0 Å². The topological polar surface area (TPSA) is 122 Å². The van der Waals surface area contributed by atoms with Crippen LogP contribution in [0, 0.1) is 5.92 Å². The molecule has 0 saturated heterocycles. The van der Waals surface area contributed by atoms with Crippen molar-refractivity contribution < 1.29 is 4.79 Å². The molecule has 1 aromatic carbocycles. The van der Waals surface area contributed by atoms with Gasteiger partial charge in [-0.2, -0.15) is 0 Å². The summed E-state index contributed by atoms with van der Waals surface area (Å²) in [6, 6.07) is 4.86. The van der Waals surface area contributed by atoms with Crippen LogP contribution in [0.2, 0.25) is 5.02 Å². The molecule has 0 saturated carbocycles. The molecule has 2 N–H and O–H groups in total. The average Bonchev–Trinajstić information content (AvgIpc) is 2.74. The highest BCUT2D eigenvalue weighted by Gasteiger charge is 2.27. The lowest BCUT2D eigenvalue weighted by atomic mass is 10.1. The van der Waals surface area contributed by atoms with E-state index in [1.165, 1.54) is 18.7 Å². The van der Waals surface area contributed by atoms with Gasteiger partial charge in [0.2, 0.25) is 0 Å². The molecular weight excluding hydrogens is 454 g/mol. The molecule has 0 aliphatic rings. The van der Waals surface area contributed by atoms with Crippen molar-refractivity contribution in [1.82, 2.24) is 18.7 Å². The van der Waals surface area contributed by atoms with Gasteiger partial charge in [0.15, 0.2) is 10.9 Å². The number of halogens is 1. The van der Waals surface area contributed by atoms with Gasteiger partial charge in [0.05, 0.1) is 16.2 Å². The summed E-state index contributed by atoms with van der Waals surface area (Å²) in [5.74, 6) is -0.607. The van der Waals surface area contributed by atoms with Crippen molar-refractivity contribution in [3.63, 3.8) is 0 Å². The Bertz CT molecular complexity index is 1410. The molecule has 0 aliphatic carbocycles. The number of aromatic nitrogens is 4. The Labute approximate surface area is 192 Å². The molecule has 0 spiro atoms. The largest absolute Gasteiger partial charge is 0.384 e. The molecular formula is C21H24ClN5O4S. The number of nitrogens with zero attached hydrogens (tertiary/aromatic N) is 4. The van der Waals surface area contributed by atoms with E-state index in [-0.39, 0.29) is 22.9 Å². The van der Waals surface area contributed by atoms with Crippen molar-refractivity contribution >= 4 is 45.9 Å². The SMILES string of the molecule is CC(C)Cn1c(SC(C)C(=O)c2c(N)n(C)c(=O)n(C)c2=O)nc2ccc(Cl)cc2c1=O. The monoisotopic (exact) mass is 477 g/mol. The number of Topliss-reactive ketones (excluding diaryl/α,β-unsaturated/α-hetero) is 1. The second-order valence-corrected chi connectivity index (χ2v) is 9.70. The van der Waals surface area contributed by atoms with E-state index in [1.807, 2.05) is 13.8 Å². The quantitative estimate of drug-likeness (QED) is 0.327. The van der Waals surface area contributed by atoms with E-state index >= 15 is 0 Å².